The van der Waals surface area contributed by atoms with Crippen molar-refractivity contribution in [3.05, 3.63) is 29.6 Å². The highest BCUT2D eigenvalue weighted by molar-refractivity contribution is 5.92. The van der Waals surface area contributed by atoms with Gasteiger partial charge in [-0.2, -0.15) is 5.26 Å². The van der Waals surface area contributed by atoms with Gasteiger partial charge in [0.15, 0.2) is 0 Å². The van der Waals surface area contributed by atoms with E-state index in [4.69, 9.17) is 5.26 Å². The summed E-state index contributed by atoms with van der Waals surface area (Å²) in [7, 11) is 0. The number of hydrogen-bond acceptors (Lipinski definition) is 3. The van der Waals surface area contributed by atoms with Gasteiger partial charge in [0.05, 0.1) is 24.2 Å². The number of piperidine rings is 1. The van der Waals surface area contributed by atoms with Gasteiger partial charge in [-0.25, -0.2) is 4.39 Å². The fourth-order valence-corrected chi connectivity index (χ4v) is 2.43. The lowest BCUT2D eigenvalue weighted by molar-refractivity contribution is -0.117. The Morgan fingerprint density at radius 1 is 1.60 bits per heavy atom. The molecule has 0 aromatic heterocycles. The third-order valence-electron chi connectivity index (χ3n) is 3.45. The predicted octanol–water partition coefficient (Wildman–Crippen LogP) is 2.31. The van der Waals surface area contributed by atoms with E-state index in [9.17, 15) is 9.18 Å². The molecule has 1 aliphatic rings. The Balaban J connectivity index is 1.92. The summed E-state index contributed by atoms with van der Waals surface area (Å²) < 4.78 is 13.6. The number of halogens is 1. The fraction of sp³-hybridized carbons (Fsp3) is 0.467. The Kier molecular flexibility index (Phi) is 4.70. The number of hydrogen-bond donors (Lipinski definition) is 1. The fourth-order valence-electron chi connectivity index (χ4n) is 2.43. The van der Waals surface area contributed by atoms with Crippen LogP contribution in [0.3, 0.4) is 0 Å². The third-order valence-corrected chi connectivity index (χ3v) is 3.45. The minimum absolute atomic E-state index is 0.00717. The van der Waals surface area contributed by atoms with Crippen LogP contribution in [-0.2, 0) is 4.79 Å². The van der Waals surface area contributed by atoms with Gasteiger partial charge in [0.2, 0.25) is 5.91 Å². The molecule has 1 aromatic carbocycles. The Hall–Kier alpha value is -1.93. The molecule has 1 atom stereocenters. The summed E-state index contributed by atoms with van der Waals surface area (Å²) in [5, 5.41) is 11.5. The van der Waals surface area contributed by atoms with E-state index in [1.54, 1.807) is 12.1 Å². The molecule has 0 unspecified atom stereocenters. The van der Waals surface area contributed by atoms with Crippen LogP contribution in [0, 0.1) is 30.0 Å². The summed E-state index contributed by atoms with van der Waals surface area (Å²) in [6.45, 7) is 3.46. The second-order valence-corrected chi connectivity index (χ2v) is 5.23. The van der Waals surface area contributed by atoms with E-state index in [-0.39, 0.29) is 24.1 Å². The van der Waals surface area contributed by atoms with Crippen LogP contribution in [0.4, 0.5) is 10.1 Å². The van der Waals surface area contributed by atoms with E-state index < -0.39 is 5.82 Å². The molecular weight excluding hydrogens is 257 g/mol. The number of likely N-dealkylation sites (tertiary alicyclic amines) is 1. The number of nitriles is 1. The minimum atomic E-state index is -0.433. The Labute approximate surface area is 118 Å². The average Bonchev–Trinajstić information content (AvgIpc) is 2.43. The third kappa shape index (κ3) is 3.78. The first-order valence-corrected chi connectivity index (χ1v) is 6.76. The van der Waals surface area contributed by atoms with Gasteiger partial charge in [-0.1, -0.05) is 6.07 Å². The number of rotatable bonds is 3. The van der Waals surface area contributed by atoms with Gasteiger partial charge in [0.25, 0.3) is 0 Å². The normalized spacial score (nSPS) is 19.4. The highest BCUT2D eigenvalue weighted by atomic mass is 19.1. The van der Waals surface area contributed by atoms with Gasteiger partial charge >= 0.3 is 0 Å². The number of aryl methyl sites for hydroxylation is 1. The van der Waals surface area contributed by atoms with Crippen molar-refractivity contribution in [2.45, 2.75) is 19.8 Å². The van der Waals surface area contributed by atoms with Crippen LogP contribution in [0.1, 0.15) is 18.4 Å². The van der Waals surface area contributed by atoms with Crippen molar-refractivity contribution >= 4 is 11.6 Å². The van der Waals surface area contributed by atoms with E-state index in [1.165, 1.54) is 6.07 Å². The smallest absolute Gasteiger partial charge is 0.238 e. The van der Waals surface area contributed by atoms with E-state index in [0.717, 1.165) is 24.9 Å². The molecule has 1 fully saturated rings. The molecule has 0 bridgehead atoms. The van der Waals surface area contributed by atoms with Crippen molar-refractivity contribution in [1.29, 1.82) is 5.26 Å². The second-order valence-electron chi connectivity index (χ2n) is 5.23. The molecule has 1 N–H and O–H groups in total. The summed E-state index contributed by atoms with van der Waals surface area (Å²) in [5.74, 6) is -0.683. The molecule has 20 heavy (non-hydrogen) atoms. The molecule has 1 aliphatic heterocycles. The van der Waals surface area contributed by atoms with Gasteiger partial charge in [-0.15, -0.1) is 0 Å². The number of carbonyl (C=O) groups is 1. The number of nitrogens with one attached hydrogen (secondary N) is 1. The quantitative estimate of drug-likeness (QED) is 0.921. The maximum absolute atomic E-state index is 13.6. The summed E-state index contributed by atoms with van der Waals surface area (Å²) in [6.07, 6.45) is 1.81. The molecule has 2 rings (SSSR count). The highest BCUT2D eigenvalue weighted by Gasteiger charge is 2.21. The van der Waals surface area contributed by atoms with Crippen molar-refractivity contribution in [1.82, 2.24) is 4.90 Å². The molecule has 1 amide bonds. The monoisotopic (exact) mass is 275 g/mol. The Morgan fingerprint density at radius 2 is 2.40 bits per heavy atom. The molecule has 4 nitrogen and oxygen atoms in total. The number of amides is 1. The van der Waals surface area contributed by atoms with E-state index in [2.05, 4.69) is 11.4 Å². The maximum atomic E-state index is 13.6. The van der Waals surface area contributed by atoms with E-state index >= 15 is 0 Å². The zero-order chi connectivity index (χ0) is 14.5. The first-order valence-electron chi connectivity index (χ1n) is 6.76. The van der Waals surface area contributed by atoms with Gasteiger partial charge in [-0.3, -0.25) is 9.69 Å². The topological polar surface area (TPSA) is 56.1 Å². The second kappa shape index (κ2) is 6.49. The molecule has 0 radical (unpaired) electrons. The van der Waals surface area contributed by atoms with E-state index in [0.29, 0.717) is 6.54 Å². The van der Waals surface area contributed by atoms with Gasteiger partial charge in [-0.05, 0) is 44.0 Å². The van der Waals surface area contributed by atoms with Crippen molar-refractivity contribution in [3.63, 3.8) is 0 Å². The standard InChI is InChI=1S/C15H18FN3O/c1-11-4-5-13(16)14(7-11)18-15(20)10-19-6-2-3-12(8-17)9-19/h4-5,7,12H,2-3,6,9-10H2,1H3,(H,18,20)/t12-/m1/s1. The van der Waals surface area contributed by atoms with Crippen LogP contribution in [-0.4, -0.2) is 30.4 Å². The van der Waals surface area contributed by atoms with Crippen LogP contribution in [0.5, 0.6) is 0 Å². The summed E-state index contributed by atoms with van der Waals surface area (Å²) >= 11 is 0. The molecule has 1 saturated heterocycles. The van der Waals surface area contributed by atoms with Gasteiger partial charge in [0, 0.05) is 6.54 Å². The molecule has 0 spiro atoms. The van der Waals surface area contributed by atoms with Crippen molar-refractivity contribution in [2.75, 3.05) is 25.0 Å². The Morgan fingerprint density at radius 3 is 3.15 bits per heavy atom. The zero-order valence-electron chi connectivity index (χ0n) is 11.5. The summed E-state index contributed by atoms with van der Waals surface area (Å²) in [6, 6.07) is 6.86. The summed E-state index contributed by atoms with van der Waals surface area (Å²) in [4.78, 5) is 13.9. The molecule has 1 aromatic rings. The highest BCUT2D eigenvalue weighted by Crippen LogP contribution is 2.17. The molecule has 5 heteroatoms. The van der Waals surface area contributed by atoms with Crippen LogP contribution in [0.15, 0.2) is 18.2 Å². The van der Waals surface area contributed by atoms with Crippen LogP contribution in [0.25, 0.3) is 0 Å². The molecule has 0 aliphatic carbocycles. The molecule has 0 saturated carbocycles. The first-order chi connectivity index (χ1) is 9.58. The predicted molar refractivity (Wildman–Crippen MR) is 74.5 cm³/mol. The number of nitrogens with zero attached hydrogens (tertiary/aromatic N) is 2. The minimum Gasteiger partial charge on any atom is -0.322 e. The number of carbonyl (C=O) groups excluding carboxylic acids is 1. The lowest BCUT2D eigenvalue weighted by atomic mass is 10.00. The largest absolute Gasteiger partial charge is 0.322 e. The summed E-state index contributed by atoms with van der Waals surface area (Å²) in [5.41, 5.74) is 1.10. The lowest BCUT2D eigenvalue weighted by Gasteiger charge is -2.28. The molecular formula is C15H18FN3O. The van der Waals surface area contributed by atoms with Gasteiger partial charge < -0.3 is 5.32 Å². The van der Waals surface area contributed by atoms with Crippen molar-refractivity contribution in [3.8, 4) is 6.07 Å². The van der Waals surface area contributed by atoms with Gasteiger partial charge in [0.1, 0.15) is 5.82 Å². The molecule has 1 heterocycles. The van der Waals surface area contributed by atoms with Crippen LogP contribution < -0.4 is 5.32 Å². The van der Waals surface area contributed by atoms with Crippen molar-refractivity contribution in [2.24, 2.45) is 5.92 Å². The van der Waals surface area contributed by atoms with E-state index in [1.807, 2.05) is 11.8 Å². The van der Waals surface area contributed by atoms with Crippen LogP contribution in [0.2, 0.25) is 0 Å². The van der Waals surface area contributed by atoms with Crippen molar-refractivity contribution < 1.29 is 9.18 Å². The SMILES string of the molecule is Cc1ccc(F)c(NC(=O)CN2CCC[C@H](C#N)C2)c1. The lowest BCUT2D eigenvalue weighted by Crippen LogP contribution is -2.40. The first kappa shape index (κ1) is 14.5. The number of anilines is 1. The maximum Gasteiger partial charge on any atom is 0.238 e. The zero-order valence-corrected chi connectivity index (χ0v) is 11.5. The molecule has 106 valence electrons. The number of benzene rings is 1. The van der Waals surface area contributed by atoms with Crippen LogP contribution >= 0.6 is 0 Å². The Bertz CT molecular complexity index is 538. The average molecular weight is 275 g/mol.